The number of aryl methyl sites for hydroxylation is 1. The van der Waals surface area contributed by atoms with Gasteiger partial charge >= 0.3 is 0 Å². The van der Waals surface area contributed by atoms with Gasteiger partial charge in [0, 0.05) is 35.1 Å². The summed E-state index contributed by atoms with van der Waals surface area (Å²) in [5.74, 6) is 1.64. The van der Waals surface area contributed by atoms with Crippen molar-refractivity contribution in [1.82, 2.24) is 19.6 Å². The highest BCUT2D eigenvalue weighted by atomic mass is 35.5. The van der Waals surface area contributed by atoms with Crippen LogP contribution in [0.3, 0.4) is 0 Å². The molecule has 2 aromatic carbocycles. The SMILES string of the molecule is C=CC(=O)Nc1ccc(-c2nn3c(Cl)cnc4c3c2-c2ccc(Oc3cccc(C)n3)cc2CN4)cc1. The molecule has 8 nitrogen and oxygen atoms in total. The maximum atomic E-state index is 11.7. The average molecular weight is 509 g/mol. The van der Waals surface area contributed by atoms with Crippen LogP contribution in [-0.4, -0.2) is 25.5 Å². The van der Waals surface area contributed by atoms with Gasteiger partial charge in [-0.25, -0.2) is 14.5 Å². The third-order valence-corrected chi connectivity index (χ3v) is 6.36. The van der Waals surface area contributed by atoms with Gasteiger partial charge in [-0.15, -0.1) is 0 Å². The van der Waals surface area contributed by atoms with Gasteiger partial charge in [-0.1, -0.05) is 42.4 Å². The lowest BCUT2D eigenvalue weighted by Crippen LogP contribution is -2.06. The number of nitrogens with zero attached hydrogens (tertiary/aromatic N) is 4. The first-order valence-electron chi connectivity index (χ1n) is 11.6. The van der Waals surface area contributed by atoms with Gasteiger partial charge in [-0.2, -0.15) is 5.10 Å². The fourth-order valence-corrected chi connectivity index (χ4v) is 4.59. The van der Waals surface area contributed by atoms with Crippen LogP contribution in [0.1, 0.15) is 11.3 Å². The first-order valence-corrected chi connectivity index (χ1v) is 12.0. The molecule has 1 amide bonds. The number of fused-ring (bicyclic) bond motifs is 2. The molecule has 37 heavy (non-hydrogen) atoms. The minimum Gasteiger partial charge on any atom is -0.439 e. The molecular weight excluding hydrogens is 488 g/mol. The second-order valence-electron chi connectivity index (χ2n) is 8.58. The number of carbonyl (C=O) groups is 1. The summed E-state index contributed by atoms with van der Waals surface area (Å²) in [5, 5.41) is 11.4. The van der Waals surface area contributed by atoms with Gasteiger partial charge in [0.15, 0.2) is 5.82 Å². The molecule has 0 atom stereocenters. The quantitative estimate of drug-likeness (QED) is 0.272. The molecule has 182 valence electrons. The lowest BCUT2D eigenvalue weighted by Gasteiger charge is -2.12. The number of carbonyl (C=O) groups excluding carboxylic acids is 1. The molecule has 4 heterocycles. The highest BCUT2D eigenvalue weighted by molar-refractivity contribution is 6.30. The van der Waals surface area contributed by atoms with Crippen LogP contribution < -0.4 is 15.4 Å². The molecule has 0 saturated carbocycles. The number of amides is 1. The van der Waals surface area contributed by atoms with E-state index < -0.39 is 0 Å². The van der Waals surface area contributed by atoms with Gasteiger partial charge in [0.2, 0.25) is 11.8 Å². The smallest absolute Gasteiger partial charge is 0.247 e. The van der Waals surface area contributed by atoms with Gasteiger partial charge in [0.25, 0.3) is 0 Å². The van der Waals surface area contributed by atoms with Crippen molar-refractivity contribution < 1.29 is 9.53 Å². The monoisotopic (exact) mass is 508 g/mol. The van der Waals surface area contributed by atoms with Crippen molar-refractivity contribution in [2.75, 3.05) is 10.6 Å². The van der Waals surface area contributed by atoms with E-state index in [-0.39, 0.29) is 5.91 Å². The van der Waals surface area contributed by atoms with Crippen LogP contribution in [0.15, 0.2) is 79.5 Å². The van der Waals surface area contributed by atoms with Gasteiger partial charge in [0.1, 0.15) is 22.1 Å². The van der Waals surface area contributed by atoms with Crippen molar-refractivity contribution in [3.8, 4) is 34.0 Å². The van der Waals surface area contributed by atoms with E-state index in [1.54, 1.807) is 10.7 Å². The van der Waals surface area contributed by atoms with Crippen LogP contribution in [0.25, 0.3) is 27.9 Å². The molecule has 0 bridgehead atoms. The molecule has 0 unspecified atom stereocenters. The number of halogens is 1. The average Bonchev–Trinajstić information content (AvgIpc) is 3.22. The minimum absolute atomic E-state index is 0.270. The second-order valence-corrected chi connectivity index (χ2v) is 8.96. The number of hydrogen-bond donors (Lipinski definition) is 2. The number of pyridine rings is 1. The van der Waals surface area contributed by atoms with Gasteiger partial charge in [-0.05, 0) is 54.5 Å². The Kier molecular flexibility index (Phi) is 5.58. The zero-order chi connectivity index (χ0) is 25.5. The number of hydrogen-bond acceptors (Lipinski definition) is 6. The molecule has 3 aromatic heterocycles. The number of ether oxygens (including phenoxy) is 1. The summed E-state index contributed by atoms with van der Waals surface area (Å²) >= 11 is 6.52. The molecule has 1 aliphatic heterocycles. The summed E-state index contributed by atoms with van der Waals surface area (Å²) in [6.07, 6.45) is 2.82. The Bertz CT molecular complexity index is 1690. The number of anilines is 2. The highest BCUT2D eigenvalue weighted by Gasteiger charge is 2.26. The second kappa shape index (κ2) is 9.07. The number of benzene rings is 2. The van der Waals surface area contributed by atoms with Crippen molar-refractivity contribution in [1.29, 1.82) is 0 Å². The Morgan fingerprint density at radius 2 is 2.03 bits per heavy atom. The van der Waals surface area contributed by atoms with E-state index in [4.69, 9.17) is 21.4 Å². The summed E-state index contributed by atoms with van der Waals surface area (Å²) in [6.45, 7) is 5.96. The third kappa shape index (κ3) is 4.17. The molecule has 6 rings (SSSR count). The van der Waals surface area contributed by atoms with Crippen LogP contribution in [0.4, 0.5) is 11.5 Å². The number of rotatable bonds is 5. The van der Waals surface area contributed by atoms with Crippen molar-refractivity contribution in [3.63, 3.8) is 0 Å². The van der Waals surface area contributed by atoms with E-state index in [2.05, 4.69) is 27.2 Å². The van der Waals surface area contributed by atoms with Crippen LogP contribution in [0.2, 0.25) is 5.15 Å². The summed E-state index contributed by atoms with van der Waals surface area (Å²) < 4.78 is 7.75. The molecule has 0 saturated heterocycles. The Morgan fingerprint density at radius 3 is 2.81 bits per heavy atom. The first-order chi connectivity index (χ1) is 18.0. The summed E-state index contributed by atoms with van der Waals surface area (Å²) in [6, 6.07) is 19.1. The largest absolute Gasteiger partial charge is 0.439 e. The van der Waals surface area contributed by atoms with E-state index in [9.17, 15) is 4.79 Å². The maximum absolute atomic E-state index is 11.7. The summed E-state index contributed by atoms with van der Waals surface area (Å²) in [4.78, 5) is 20.7. The molecule has 1 aliphatic rings. The van der Waals surface area contributed by atoms with Crippen molar-refractivity contribution in [2.24, 2.45) is 0 Å². The van der Waals surface area contributed by atoms with Crippen LogP contribution >= 0.6 is 11.6 Å². The Hall–Kier alpha value is -4.69. The molecular formula is C28H21ClN6O2. The molecule has 5 aromatic rings. The molecule has 0 fully saturated rings. The van der Waals surface area contributed by atoms with E-state index in [1.807, 2.05) is 67.6 Å². The van der Waals surface area contributed by atoms with Crippen LogP contribution in [0, 0.1) is 6.92 Å². The standard InChI is InChI=1S/C28H21ClN6O2/c1-3-23(36)33-19-9-7-17(8-10-19)26-25-21-12-11-20(37-24-6-4-5-16(2)32-24)13-18(21)14-30-28-27(25)35(34-26)22(29)15-31-28/h3-13,15H,1,14H2,2H3,(H,30,31)(H,33,36). The maximum Gasteiger partial charge on any atom is 0.247 e. The first kappa shape index (κ1) is 22.8. The van der Waals surface area contributed by atoms with Crippen molar-refractivity contribution in [2.45, 2.75) is 13.5 Å². The number of nitrogens with one attached hydrogen (secondary N) is 2. The van der Waals surface area contributed by atoms with Gasteiger partial charge in [0.05, 0.1) is 6.20 Å². The van der Waals surface area contributed by atoms with E-state index in [0.29, 0.717) is 34.8 Å². The fourth-order valence-electron chi connectivity index (χ4n) is 4.41. The predicted molar refractivity (Wildman–Crippen MR) is 144 cm³/mol. The normalized spacial score (nSPS) is 11.8. The molecule has 0 aliphatic carbocycles. The zero-order valence-corrected chi connectivity index (χ0v) is 20.6. The van der Waals surface area contributed by atoms with Crippen LogP contribution in [0.5, 0.6) is 11.6 Å². The molecule has 0 radical (unpaired) electrons. The molecule has 2 N–H and O–H groups in total. The fraction of sp³-hybridized carbons (Fsp3) is 0.0714. The predicted octanol–water partition coefficient (Wildman–Crippen LogP) is 6.26. The summed E-state index contributed by atoms with van der Waals surface area (Å²) in [7, 11) is 0. The molecule has 9 heteroatoms. The Balaban J connectivity index is 1.47. The lowest BCUT2D eigenvalue weighted by atomic mass is 9.96. The molecule has 0 spiro atoms. The topological polar surface area (TPSA) is 93.4 Å². The third-order valence-electron chi connectivity index (χ3n) is 6.10. The van der Waals surface area contributed by atoms with Crippen molar-refractivity contribution >= 4 is 34.5 Å². The zero-order valence-electron chi connectivity index (χ0n) is 19.8. The van der Waals surface area contributed by atoms with E-state index in [0.717, 1.165) is 39.2 Å². The van der Waals surface area contributed by atoms with Crippen molar-refractivity contribution in [3.05, 3.63) is 95.9 Å². The van der Waals surface area contributed by atoms with E-state index >= 15 is 0 Å². The van der Waals surface area contributed by atoms with Gasteiger partial charge in [-0.3, -0.25) is 4.79 Å². The highest BCUT2D eigenvalue weighted by Crippen LogP contribution is 2.43. The Labute approximate surface area is 217 Å². The van der Waals surface area contributed by atoms with E-state index in [1.165, 1.54) is 6.08 Å². The van der Waals surface area contributed by atoms with Gasteiger partial charge < -0.3 is 15.4 Å². The summed E-state index contributed by atoms with van der Waals surface area (Å²) in [5.41, 5.74) is 6.88. The number of aromatic nitrogens is 4. The van der Waals surface area contributed by atoms with Crippen LogP contribution in [-0.2, 0) is 11.3 Å². The Morgan fingerprint density at radius 1 is 1.19 bits per heavy atom. The lowest BCUT2D eigenvalue weighted by molar-refractivity contribution is -0.111. The minimum atomic E-state index is -0.270.